The van der Waals surface area contributed by atoms with Crippen molar-refractivity contribution in [3.8, 4) is 16.9 Å². The Morgan fingerprint density at radius 3 is 2.48 bits per heavy atom. The Labute approximate surface area is 196 Å². The summed E-state index contributed by atoms with van der Waals surface area (Å²) in [6.07, 6.45) is -0.450. The molecular weight excluding hydrogens is 436 g/mol. The van der Waals surface area contributed by atoms with Crippen molar-refractivity contribution in [2.75, 3.05) is 7.11 Å². The van der Waals surface area contributed by atoms with Crippen LogP contribution in [0.15, 0.2) is 46.6 Å². The minimum Gasteiger partial charge on any atom is -0.496 e. The van der Waals surface area contributed by atoms with Gasteiger partial charge in [0, 0.05) is 16.3 Å². The molecule has 33 heavy (non-hydrogen) atoms. The van der Waals surface area contributed by atoms with Gasteiger partial charge in [0.05, 0.1) is 18.7 Å². The monoisotopic (exact) mass is 464 g/mol. The van der Waals surface area contributed by atoms with Gasteiger partial charge in [-0.3, -0.25) is 4.79 Å². The average molecular weight is 465 g/mol. The summed E-state index contributed by atoms with van der Waals surface area (Å²) in [6, 6.07) is 11.7. The van der Waals surface area contributed by atoms with E-state index >= 15 is 0 Å². The second-order valence-corrected chi connectivity index (χ2v) is 10.0. The molecule has 2 aromatic carbocycles. The maximum atomic E-state index is 12.6. The molecule has 2 N–H and O–H groups in total. The molecule has 2 aromatic heterocycles. The normalized spacial score (nSPS) is 12.7. The Bertz CT molecular complexity index is 1390. The van der Waals surface area contributed by atoms with Gasteiger partial charge in [0.2, 0.25) is 0 Å². The van der Waals surface area contributed by atoms with Gasteiger partial charge < -0.3 is 19.8 Å². The van der Waals surface area contributed by atoms with E-state index in [1.165, 1.54) is 11.3 Å². The molecule has 0 spiro atoms. The van der Waals surface area contributed by atoms with E-state index in [0.717, 1.165) is 44.3 Å². The molecule has 6 nitrogen and oxygen atoms in total. The molecule has 0 bridgehead atoms. The first-order chi connectivity index (χ1) is 15.6. The van der Waals surface area contributed by atoms with Gasteiger partial charge in [0.15, 0.2) is 0 Å². The lowest BCUT2D eigenvalue weighted by Crippen LogP contribution is -2.34. The first kappa shape index (κ1) is 22.9. The fourth-order valence-electron chi connectivity index (χ4n) is 4.02. The Hall–Kier alpha value is -3.32. The van der Waals surface area contributed by atoms with Gasteiger partial charge in [0.25, 0.3) is 5.56 Å². The molecule has 0 fully saturated rings. The molecule has 7 heteroatoms. The molecule has 0 unspecified atom stereocenters. The van der Waals surface area contributed by atoms with Crippen LogP contribution in [0.25, 0.3) is 32.1 Å². The van der Waals surface area contributed by atoms with E-state index in [2.05, 4.69) is 10.3 Å². The Kier molecular flexibility index (Phi) is 5.93. The maximum absolute atomic E-state index is 12.6. The van der Waals surface area contributed by atoms with E-state index < -0.39 is 11.7 Å². The summed E-state index contributed by atoms with van der Waals surface area (Å²) in [7, 11) is 1.65. The van der Waals surface area contributed by atoms with E-state index in [4.69, 9.17) is 9.47 Å². The maximum Gasteiger partial charge on any atom is 0.408 e. The van der Waals surface area contributed by atoms with Crippen molar-refractivity contribution in [1.29, 1.82) is 0 Å². The Balaban J connectivity index is 1.78. The number of H-pyrrole nitrogens is 1. The number of hydrogen-bond acceptors (Lipinski definition) is 5. The van der Waals surface area contributed by atoms with Crippen molar-refractivity contribution >= 4 is 38.4 Å². The average Bonchev–Trinajstić information content (AvgIpc) is 3.23. The third-order valence-corrected chi connectivity index (χ3v) is 6.43. The van der Waals surface area contributed by atoms with Crippen LogP contribution in [0.4, 0.5) is 4.79 Å². The van der Waals surface area contributed by atoms with Gasteiger partial charge in [-0.1, -0.05) is 24.3 Å². The lowest BCUT2D eigenvalue weighted by atomic mass is 9.94. The molecule has 4 aromatic rings. The van der Waals surface area contributed by atoms with Crippen molar-refractivity contribution < 1.29 is 14.3 Å². The number of aryl methyl sites for hydroxylation is 1. The van der Waals surface area contributed by atoms with Gasteiger partial charge in [-0.2, -0.15) is 0 Å². The molecule has 2 heterocycles. The van der Waals surface area contributed by atoms with Gasteiger partial charge in [-0.15, -0.1) is 11.3 Å². The summed E-state index contributed by atoms with van der Waals surface area (Å²) in [4.78, 5) is 27.8. The Morgan fingerprint density at radius 2 is 1.85 bits per heavy atom. The largest absolute Gasteiger partial charge is 0.496 e. The number of thiophene rings is 1. The van der Waals surface area contributed by atoms with Crippen LogP contribution < -0.4 is 15.6 Å². The fourth-order valence-corrected chi connectivity index (χ4v) is 4.82. The standard InChI is InChI=1S/C26H28N2O4S/c1-14-13-19(31-6)20(21-18-11-12-33-23(18)24(29)28-22(14)21)17-9-7-16(8-10-17)15(2)27-25(30)32-26(3,4)5/h7-13,15H,1-6H3,(H,27,30)(H,28,29)/t15-/m0/s1. The number of hydrogen-bond donors (Lipinski definition) is 2. The van der Waals surface area contributed by atoms with Gasteiger partial charge in [-0.25, -0.2) is 4.79 Å². The number of nitrogens with one attached hydrogen (secondary N) is 2. The molecule has 4 rings (SSSR count). The number of aromatic amines is 1. The van der Waals surface area contributed by atoms with Crippen molar-refractivity contribution in [2.45, 2.75) is 46.3 Å². The number of benzene rings is 2. The molecule has 0 saturated heterocycles. The SMILES string of the molecule is COc1cc(C)c2[nH]c(=O)c3sccc3c2c1-c1ccc([C@H](C)NC(=O)OC(C)(C)C)cc1. The molecule has 0 radical (unpaired) electrons. The quantitative estimate of drug-likeness (QED) is 0.371. The zero-order valence-corrected chi connectivity index (χ0v) is 20.5. The van der Waals surface area contributed by atoms with Crippen LogP contribution in [-0.2, 0) is 4.74 Å². The number of aromatic nitrogens is 1. The summed E-state index contributed by atoms with van der Waals surface area (Å²) < 4.78 is 11.8. The van der Waals surface area contributed by atoms with E-state index in [-0.39, 0.29) is 11.6 Å². The predicted octanol–water partition coefficient (Wildman–Crippen LogP) is 6.31. The zero-order valence-electron chi connectivity index (χ0n) is 19.7. The summed E-state index contributed by atoms with van der Waals surface area (Å²) in [5.41, 5.74) is 3.97. The van der Waals surface area contributed by atoms with E-state index in [0.29, 0.717) is 4.70 Å². The molecule has 0 aliphatic rings. The number of methoxy groups -OCH3 is 1. The first-order valence-corrected chi connectivity index (χ1v) is 11.7. The molecule has 0 saturated carbocycles. The highest BCUT2D eigenvalue weighted by molar-refractivity contribution is 7.17. The van der Waals surface area contributed by atoms with Crippen LogP contribution >= 0.6 is 11.3 Å². The number of ether oxygens (including phenoxy) is 2. The van der Waals surface area contributed by atoms with Crippen molar-refractivity contribution in [3.63, 3.8) is 0 Å². The molecule has 1 amide bonds. The van der Waals surface area contributed by atoms with Crippen LogP contribution in [0.2, 0.25) is 0 Å². The number of rotatable bonds is 4. The topological polar surface area (TPSA) is 80.4 Å². The second-order valence-electron chi connectivity index (χ2n) is 9.13. The lowest BCUT2D eigenvalue weighted by Gasteiger charge is -2.22. The molecular formula is C26H28N2O4S. The molecule has 0 aliphatic heterocycles. The highest BCUT2D eigenvalue weighted by Crippen LogP contribution is 2.41. The minimum absolute atomic E-state index is 0.0795. The van der Waals surface area contributed by atoms with E-state index in [1.807, 2.05) is 76.4 Å². The van der Waals surface area contributed by atoms with Gasteiger partial charge >= 0.3 is 6.09 Å². The van der Waals surface area contributed by atoms with Gasteiger partial charge in [0.1, 0.15) is 16.1 Å². The second kappa shape index (κ2) is 8.56. The summed E-state index contributed by atoms with van der Waals surface area (Å²) in [5.74, 6) is 0.743. The van der Waals surface area contributed by atoms with Crippen molar-refractivity contribution in [2.24, 2.45) is 0 Å². The highest BCUT2D eigenvalue weighted by atomic mass is 32.1. The van der Waals surface area contributed by atoms with Crippen molar-refractivity contribution in [1.82, 2.24) is 10.3 Å². The molecule has 1 atom stereocenters. The van der Waals surface area contributed by atoms with Gasteiger partial charge in [-0.05, 0) is 68.8 Å². The van der Waals surface area contributed by atoms with Crippen LogP contribution in [-0.4, -0.2) is 23.8 Å². The lowest BCUT2D eigenvalue weighted by molar-refractivity contribution is 0.0508. The third kappa shape index (κ3) is 4.46. The van der Waals surface area contributed by atoms with Crippen LogP contribution in [0, 0.1) is 6.92 Å². The predicted molar refractivity (Wildman–Crippen MR) is 134 cm³/mol. The fraction of sp³-hybridized carbons (Fsp3) is 0.308. The number of carbonyl (C=O) groups is 1. The van der Waals surface area contributed by atoms with Crippen LogP contribution in [0.1, 0.15) is 44.9 Å². The Morgan fingerprint density at radius 1 is 1.15 bits per heavy atom. The number of pyridine rings is 1. The smallest absolute Gasteiger partial charge is 0.408 e. The summed E-state index contributed by atoms with van der Waals surface area (Å²) >= 11 is 1.43. The number of carbonyl (C=O) groups excluding carboxylic acids is 1. The number of amides is 1. The van der Waals surface area contributed by atoms with Crippen molar-refractivity contribution in [3.05, 3.63) is 63.3 Å². The van der Waals surface area contributed by atoms with Crippen LogP contribution in [0.3, 0.4) is 0 Å². The summed E-state index contributed by atoms with van der Waals surface area (Å²) in [6.45, 7) is 9.39. The molecule has 0 aliphatic carbocycles. The van der Waals surface area contributed by atoms with E-state index in [9.17, 15) is 9.59 Å². The van der Waals surface area contributed by atoms with Crippen LogP contribution in [0.5, 0.6) is 5.75 Å². The number of fused-ring (bicyclic) bond motifs is 3. The van der Waals surface area contributed by atoms with E-state index in [1.54, 1.807) is 7.11 Å². The highest BCUT2D eigenvalue weighted by Gasteiger charge is 2.20. The third-order valence-electron chi connectivity index (χ3n) is 5.52. The summed E-state index contributed by atoms with van der Waals surface area (Å²) in [5, 5.41) is 6.69. The first-order valence-electron chi connectivity index (χ1n) is 10.8. The number of alkyl carbamates (subject to hydrolysis) is 1. The zero-order chi connectivity index (χ0) is 23.9. The minimum atomic E-state index is -0.551. The molecule has 172 valence electrons.